The number of hydrogen-bond donors (Lipinski definition) is 1. The number of Topliss-reactive ketones (excluding diaryl/α,β-unsaturated/α-hetero) is 1. The molecule has 20 heavy (non-hydrogen) atoms. The lowest BCUT2D eigenvalue weighted by molar-refractivity contribution is -0.119. The maximum Gasteiger partial charge on any atom is 0.231 e. The first-order chi connectivity index (χ1) is 9.74. The van der Waals surface area contributed by atoms with E-state index in [4.69, 9.17) is 9.47 Å². The zero-order valence-corrected chi connectivity index (χ0v) is 11.6. The Bertz CT molecular complexity index is 551. The fourth-order valence-corrected chi connectivity index (χ4v) is 2.66. The number of hydrogen-bond acceptors (Lipinski definition) is 4. The van der Waals surface area contributed by atoms with Crippen LogP contribution in [-0.4, -0.2) is 12.6 Å². The Morgan fingerprint density at radius 2 is 2.20 bits per heavy atom. The van der Waals surface area contributed by atoms with Gasteiger partial charge >= 0.3 is 0 Å². The van der Waals surface area contributed by atoms with Gasteiger partial charge in [-0.05, 0) is 37.0 Å². The lowest BCUT2D eigenvalue weighted by Gasteiger charge is -2.19. The summed E-state index contributed by atoms with van der Waals surface area (Å²) in [5, 5.41) is 3.23. The third-order valence-electron chi connectivity index (χ3n) is 3.87. The molecule has 1 aromatic carbocycles. The average Bonchev–Trinajstić information content (AvgIpc) is 2.91. The summed E-state index contributed by atoms with van der Waals surface area (Å²) >= 11 is 0. The summed E-state index contributed by atoms with van der Waals surface area (Å²) in [6, 6.07) is 5.89. The zero-order valence-electron chi connectivity index (χ0n) is 11.6. The molecule has 4 nitrogen and oxygen atoms in total. The molecule has 0 aromatic heterocycles. The number of fused-ring (bicyclic) bond motifs is 1. The SMILES string of the molecule is C[C@H]1CCC/C(=C\NCc2ccc3c(c2)OCO3)C1=O. The summed E-state index contributed by atoms with van der Waals surface area (Å²) < 4.78 is 10.6. The summed E-state index contributed by atoms with van der Waals surface area (Å²) in [6.07, 6.45) is 4.88. The topological polar surface area (TPSA) is 47.6 Å². The highest BCUT2D eigenvalue weighted by molar-refractivity contribution is 5.97. The van der Waals surface area contributed by atoms with Gasteiger partial charge in [-0.1, -0.05) is 13.0 Å². The molecule has 0 bridgehead atoms. The summed E-state index contributed by atoms with van der Waals surface area (Å²) in [4.78, 5) is 12.0. The Morgan fingerprint density at radius 1 is 1.35 bits per heavy atom. The van der Waals surface area contributed by atoms with E-state index in [1.807, 2.05) is 31.3 Å². The van der Waals surface area contributed by atoms with Crippen LogP contribution in [0.1, 0.15) is 31.7 Å². The highest BCUT2D eigenvalue weighted by atomic mass is 16.7. The molecule has 0 amide bonds. The van der Waals surface area contributed by atoms with Gasteiger partial charge in [0.1, 0.15) is 0 Å². The number of ether oxygens (including phenoxy) is 2. The van der Waals surface area contributed by atoms with Crippen molar-refractivity contribution in [1.82, 2.24) is 5.32 Å². The van der Waals surface area contributed by atoms with E-state index in [9.17, 15) is 4.79 Å². The van der Waals surface area contributed by atoms with E-state index in [1.165, 1.54) is 0 Å². The van der Waals surface area contributed by atoms with Gasteiger partial charge in [-0.15, -0.1) is 0 Å². The highest BCUT2D eigenvalue weighted by Gasteiger charge is 2.22. The number of carbonyl (C=O) groups is 1. The molecule has 1 saturated carbocycles. The summed E-state index contributed by atoms with van der Waals surface area (Å²) in [6.45, 7) is 2.98. The highest BCUT2D eigenvalue weighted by Crippen LogP contribution is 2.32. The molecule has 106 valence electrons. The minimum absolute atomic E-state index is 0.169. The van der Waals surface area contributed by atoms with Crippen LogP contribution in [0, 0.1) is 5.92 Å². The maximum atomic E-state index is 12.0. The molecular weight excluding hydrogens is 254 g/mol. The van der Waals surface area contributed by atoms with Gasteiger partial charge in [0.05, 0.1) is 0 Å². The largest absolute Gasteiger partial charge is 0.454 e. The van der Waals surface area contributed by atoms with Crippen molar-refractivity contribution in [3.8, 4) is 11.5 Å². The van der Waals surface area contributed by atoms with Gasteiger partial charge in [0, 0.05) is 24.2 Å². The molecule has 1 atom stereocenters. The minimum Gasteiger partial charge on any atom is -0.454 e. The van der Waals surface area contributed by atoms with Crippen molar-refractivity contribution in [2.75, 3.05) is 6.79 Å². The van der Waals surface area contributed by atoms with Gasteiger partial charge in [-0.3, -0.25) is 4.79 Å². The lowest BCUT2D eigenvalue weighted by Crippen LogP contribution is -2.20. The van der Waals surface area contributed by atoms with E-state index < -0.39 is 0 Å². The average molecular weight is 273 g/mol. The fraction of sp³-hybridized carbons (Fsp3) is 0.438. The van der Waals surface area contributed by atoms with E-state index >= 15 is 0 Å². The van der Waals surface area contributed by atoms with Crippen LogP contribution in [0.2, 0.25) is 0 Å². The quantitative estimate of drug-likeness (QED) is 0.860. The third kappa shape index (κ3) is 2.64. The number of allylic oxidation sites excluding steroid dienone is 1. The smallest absolute Gasteiger partial charge is 0.231 e. The minimum atomic E-state index is 0.169. The number of ketones is 1. The van der Waals surface area contributed by atoms with E-state index in [0.717, 1.165) is 41.9 Å². The van der Waals surface area contributed by atoms with Crippen LogP contribution in [0.25, 0.3) is 0 Å². The Balaban J connectivity index is 1.61. The number of nitrogens with one attached hydrogen (secondary N) is 1. The predicted molar refractivity (Wildman–Crippen MR) is 75.5 cm³/mol. The second kappa shape index (κ2) is 5.57. The predicted octanol–water partition coefficient (Wildman–Crippen LogP) is 2.78. The summed E-state index contributed by atoms with van der Waals surface area (Å²) in [7, 11) is 0. The van der Waals surface area contributed by atoms with Crippen LogP contribution in [0.3, 0.4) is 0 Å². The van der Waals surface area contributed by atoms with Crippen LogP contribution >= 0.6 is 0 Å². The first-order valence-corrected chi connectivity index (χ1v) is 7.09. The normalized spacial score (nSPS) is 23.1. The van der Waals surface area contributed by atoms with Gasteiger partial charge in [0.25, 0.3) is 0 Å². The maximum absolute atomic E-state index is 12.0. The van der Waals surface area contributed by atoms with Crippen molar-refractivity contribution in [3.63, 3.8) is 0 Å². The van der Waals surface area contributed by atoms with E-state index in [1.54, 1.807) is 0 Å². The Labute approximate surface area is 118 Å². The first kappa shape index (κ1) is 13.0. The molecule has 1 heterocycles. The molecule has 4 heteroatoms. The van der Waals surface area contributed by atoms with Gasteiger partial charge in [-0.25, -0.2) is 0 Å². The Kier molecular flexibility index (Phi) is 3.63. The van der Waals surface area contributed by atoms with Crippen molar-refractivity contribution in [2.24, 2.45) is 5.92 Å². The first-order valence-electron chi connectivity index (χ1n) is 7.09. The van der Waals surface area contributed by atoms with Crippen LogP contribution in [0.4, 0.5) is 0 Å². The molecule has 1 aliphatic carbocycles. The molecule has 1 aromatic rings. The van der Waals surface area contributed by atoms with Gasteiger partial charge in [0.2, 0.25) is 6.79 Å². The lowest BCUT2D eigenvalue weighted by atomic mass is 9.86. The summed E-state index contributed by atoms with van der Waals surface area (Å²) in [5.74, 6) is 2.04. The molecule has 0 spiro atoms. The number of rotatable bonds is 3. The Morgan fingerprint density at radius 3 is 3.10 bits per heavy atom. The van der Waals surface area contributed by atoms with E-state index in [-0.39, 0.29) is 11.7 Å². The molecule has 2 aliphatic rings. The van der Waals surface area contributed by atoms with Crippen molar-refractivity contribution in [2.45, 2.75) is 32.7 Å². The van der Waals surface area contributed by atoms with E-state index in [0.29, 0.717) is 13.3 Å². The van der Waals surface area contributed by atoms with Gasteiger partial charge in [0.15, 0.2) is 17.3 Å². The van der Waals surface area contributed by atoms with Gasteiger partial charge in [-0.2, -0.15) is 0 Å². The second-order valence-electron chi connectivity index (χ2n) is 5.40. The summed E-state index contributed by atoms with van der Waals surface area (Å²) in [5.41, 5.74) is 2.03. The van der Waals surface area contributed by atoms with Crippen molar-refractivity contribution >= 4 is 5.78 Å². The van der Waals surface area contributed by atoms with Crippen LogP contribution in [0.5, 0.6) is 11.5 Å². The zero-order chi connectivity index (χ0) is 13.9. The molecule has 0 radical (unpaired) electrons. The molecule has 1 N–H and O–H groups in total. The van der Waals surface area contributed by atoms with Crippen molar-refractivity contribution in [1.29, 1.82) is 0 Å². The van der Waals surface area contributed by atoms with Crippen molar-refractivity contribution < 1.29 is 14.3 Å². The molecule has 1 fully saturated rings. The fourth-order valence-electron chi connectivity index (χ4n) is 2.66. The number of carbonyl (C=O) groups excluding carboxylic acids is 1. The van der Waals surface area contributed by atoms with Crippen LogP contribution in [-0.2, 0) is 11.3 Å². The Hall–Kier alpha value is -1.97. The molecule has 1 aliphatic heterocycles. The molecule has 0 unspecified atom stereocenters. The monoisotopic (exact) mass is 273 g/mol. The molecule has 0 saturated heterocycles. The van der Waals surface area contributed by atoms with Crippen molar-refractivity contribution in [3.05, 3.63) is 35.5 Å². The van der Waals surface area contributed by atoms with Crippen LogP contribution in [0.15, 0.2) is 30.0 Å². The van der Waals surface area contributed by atoms with E-state index in [2.05, 4.69) is 5.32 Å². The molecular formula is C16H19NO3. The molecule has 3 rings (SSSR count). The third-order valence-corrected chi connectivity index (χ3v) is 3.87. The standard InChI is InChI=1S/C16H19NO3/c1-11-3-2-4-13(16(11)18)9-17-8-12-5-6-14-15(7-12)20-10-19-14/h5-7,9,11,17H,2-4,8,10H2,1H3/b13-9+/t11-/m0/s1. The second-order valence-corrected chi connectivity index (χ2v) is 5.40. The van der Waals surface area contributed by atoms with Gasteiger partial charge < -0.3 is 14.8 Å². The van der Waals surface area contributed by atoms with Crippen LogP contribution < -0.4 is 14.8 Å². The number of benzene rings is 1.